The topological polar surface area (TPSA) is 91.8 Å². The number of rotatable bonds is 5. The maximum absolute atomic E-state index is 12.5. The predicted molar refractivity (Wildman–Crippen MR) is 89.3 cm³/mol. The molecule has 1 fully saturated rings. The summed E-state index contributed by atoms with van der Waals surface area (Å²) >= 11 is 5.88. The monoisotopic (exact) mass is 355 g/mol. The quantitative estimate of drug-likeness (QED) is 0.846. The molecule has 0 saturated carbocycles. The Balaban J connectivity index is 1.89. The molecule has 1 aliphatic rings. The van der Waals surface area contributed by atoms with Crippen molar-refractivity contribution in [2.45, 2.75) is 38.8 Å². The molecule has 0 aliphatic carbocycles. The first-order valence-corrected chi connectivity index (χ1v) is 8.30. The van der Waals surface area contributed by atoms with Crippen molar-refractivity contribution >= 4 is 23.6 Å². The molecular formula is C16H22ClN3O4. The van der Waals surface area contributed by atoms with Crippen LogP contribution in [-0.2, 0) is 4.79 Å². The SMILES string of the molecule is CC(C)[C@H](NC(=O)O)C(=O)N1CCC(Oc2cncc(Cl)c2)CC1. The maximum Gasteiger partial charge on any atom is 0.405 e. The lowest BCUT2D eigenvalue weighted by molar-refractivity contribution is -0.136. The number of nitrogens with zero attached hydrogens (tertiary/aromatic N) is 2. The Hall–Kier alpha value is -2.02. The van der Waals surface area contributed by atoms with Crippen LogP contribution >= 0.6 is 11.6 Å². The third kappa shape index (κ3) is 4.99. The summed E-state index contributed by atoms with van der Waals surface area (Å²) in [5.41, 5.74) is 0. The van der Waals surface area contributed by atoms with Crippen LogP contribution < -0.4 is 10.1 Å². The number of amides is 2. The van der Waals surface area contributed by atoms with Gasteiger partial charge in [0.1, 0.15) is 17.9 Å². The summed E-state index contributed by atoms with van der Waals surface area (Å²) in [5.74, 6) is 0.315. The maximum atomic E-state index is 12.5. The molecule has 2 rings (SSSR count). The zero-order chi connectivity index (χ0) is 17.7. The van der Waals surface area contributed by atoms with Gasteiger partial charge in [-0.25, -0.2) is 4.79 Å². The summed E-state index contributed by atoms with van der Waals surface area (Å²) in [6, 6.07) is 0.981. The summed E-state index contributed by atoms with van der Waals surface area (Å²) in [5, 5.41) is 11.7. The molecule has 2 heterocycles. The van der Waals surface area contributed by atoms with Gasteiger partial charge in [-0.1, -0.05) is 25.4 Å². The largest absolute Gasteiger partial charge is 0.489 e. The van der Waals surface area contributed by atoms with Gasteiger partial charge in [-0.2, -0.15) is 0 Å². The van der Waals surface area contributed by atoms with Crippen LogP contribution in [0.15, 0.2) is 18.5 Å². The lowest BCUT2D eigenvalue weighted by Gasteiger charge is -2.35. The molecule has 1 aromatic heterocycles. The third-order valence-electron chi connectivity index (χ3n) is 3.95. The fraction of sp³-hybridized carbons (Fsp3) is 0.562. The van der Waals surface area contributed by atoms with Gasteiger partial charge in [0.2, 0.25) is 5.91 Å². The van der Waals surface area contributed by atoms with Gasteiger partial charge in [-0.3, -0.25) is 9.78 Å². The molecule has 2 amide bonds. The van der Waals surface area contributed by atoms with Crippen LogP contribution in [0.25, 0.3) is 0 Å². The lowest BCUT2D eigenvalue weighted by atomic mass is 10.0. The highest BCUT2D eigenvalue weighted by atomic mass is 35.5. The van der Waals surface area contributed by atoms with Gasteiger partial charge in [0, 0.05) is 38.2 Å². The Morgan fingerprint density at radius 1 is 1.38 bits per heavy atom. The second-order valence-electron chi connectivity index (χ2n) is 6.15. The minimum atomic E-state index is -1.19. The fourth-order valence-corrected chi connectivity index (χ4v) is 2.85. The molecule has 24 heavy (non-hydrogen) atoms. The Labute approximate surface area is 146 Å². The number of aromatic nitrogens is 1. The average Bonchev–Trinajstić information content (AvgIpc) is 2.52. The summed E-state index contributed by atoms with van der Waals surface area (Å²) in [6.07, 6.45) is 3.30. The number of likely N-dealkylation sites (tertiary alicyclic amines) is 1. The van der Waals surface area contributed by atoms with Crippen molar-refractivity contribution in [1.29, 1.82) is 0 Å². The van der Waals surface area contributed by atoms with Crippen LogP contribution in [0.3, 0.4) is 0 Å². The van der Waals surface area contributed by atoms with E-state index in [1.807, 2.05) is 13.8 Å². The van der Waals surface area contributed by atoms with E-state index in [4.69, 9.17) is 21.4 Å². The molecule has 7 nitrogen and oxygen atoms in total. The standard InChI is InChI=1S/C16H22ClN3O4/c1-10(2)14(19-16(22)23)15(21)20-5-3-12(4-6-20)24-13-7-11(17)8-18-9-13/h7-10,12,14,19H,3-6H2,1-2H3,(H,22,23)/t14-/m0/s1. The van der Waals surface area contributed by atoms with Crippen LogP contribution in [0.1, 0.15) is 26.7 Å². The van der Waals surface area contributed by atoms with Gasteiger partial charge in [-0.05, 0) is 5.92 Å². The van der Waals surface area contributed by atoms with E-state index in [-0.39, 0.29) is 17.9 Å². The Morgan fingerprint density at radius 2 is 2.04 bits per heavy atom. The number of carbonyl (C=O) groups excluding carboxylic acids is 1. The zero-order valence-corrected chi connectivity index (χ0v) is 14.5. The number of carbonyl (C=O) groups is 2. The number of halogens is 1. The predicted octanol–water partition coefficient (Wildman–Crippen LogP) is 2.40. The molecule has 2 N–H and O–H groups in total. The number of pyridine rings is 1. The first-order valence-electron chi connectivity index (χ1n) is 7.92. The van der Waals surface area contributed by atoms with E-state index < -0.39 is 12.1 Å². The Morgan fingerprint density at radius 3 is 2.58 bits per heavy atom. The molecule has 8 heteroatoms. The van der Waals surface area contributed by atoms with Crippen LogP contribution in [0.5, 0.6) is 5.75 Å². The molecular weight excluding hydrogens is 334 g/mol. The van der Waals surface area contributed by atoms with Crippen molar-refractivity contribution in [2.24, 2.45) is 5.92 Å². The molecule has 1 atom stereocenters. The highest BCUT2D eigenvalue weighted by Crippen LogP contribution is 2.21. The van der Waals surface area contributed by atoms with Gasteiger partial charge < -0.3 is 20.1 Å². The normalized spacial score (nSPS) is 16.8. The lowest BCUT2D eigenvalue weighted by Crippen LogP contribution is -2.53. The summed E-state index contributed by atoms with van der Waals surface area (Å²) < 4.78 is 5.84. The van der Waals surface area contributed by atoms with Crippen LogP contribution in [0, 0.1) is 5.92 Å². The molecule has 132 valence electrons. The van der Waals surface area contributed by atoms with Crippen molar-refractivity contribution in [3.05, 3.63) is 23.5 Å². The van der Waals surface area contributed by atoms with Crippen LogP contribution in [-0.4, -0.2) is 52.2 Å². The van der Waals surface area contributed by atoms with Gasteiger partial charge in [0.15, 0.2) is 0 Å². The third-order valence-corrected chi connectivity index (χ3v) is 4.15. The van der Waals surface area contributed by atoms with E-state index in [1.54, 1.807) is 17.2 Å². The number of ether oxygens (including phenoxy) is 1. The highest BCUT2D eigenvalue weighted by Gasteiger charge is 2.31. The number of carboxylic acid groups (broad SMARTS) is 1. The first-order chi connectivity index (χ1) is 11.4. The minimum absolute atomic E-state index is 0.0146. The van der Waals surface area contributed by atoms with Crippen molar-refractivity contribution < 1.29 is 19.4 Å². The fourth-order valence-electron chi connectivity index (χ4n) is 2.69. The molecule has 0 spiro atoms. The van der Waals surface area contributed by atoms with Gasteiger partial charge in [-0.15, -0.1) is 0 Å². The van der Waals surface area contributed by atoms with E-state index in [9.17, 15) is 9.59 Å². The Kier molecular flexibility index (Phi) is 6.25. The van der Waals surface area contributed by atoms with Gasteiger partial charge >= 0.3 is 6.09 Å². The van der Waals surface area contributed by atoms with Crippen molar-refractivity contribution in [1.82, 2.24) is 15.2 Å². The molecule has 0 bridgehead atoms. The van der Waals surface area contributed by atoms with E-state index in [1.165, 1.54) is 6.20 Å². The molecule has 0 aromatic carbocycles. The van der Waals surface area contributed by atoms with E-state index in [0.29, 0.717) is 36.7 Å². The summed E-state index contributed by atoms with van der Waals surface area (Å²) in [7, 11) is 0. The summed E-state index contributed by atoms with van der Waals surface area (Å²) in [6.45, 7) is 4.70. The number of piperidine rings is 1. The van der Waals surface area contributed by atoms with Gasteiger partial charge in [0.05, 0.1) is 11.2 Å². The molecule has 1 saturated heterocycles. The minimum Gasteiger partial charge on any atom is -0.489 e. The molecule has 1 aromatic rings. The number of nitrogens with one attached hydrogen (secondary N) is 1. The second kappa shape index (κ2) is 8.19. The zero-order valence-electron chi connectivity index (χ0n) is 13.7. The van der Waals surface area contributed by atoms with E-state index in [0.717, 1.165) is 0 Å². The van der Waals surface area contributed by atoms with E-state index >= 15 is 0 Å². The van der Waals surface area contributed by atoms with Crippen LogP contribution in [0.4, 0.5) is 4.79 Å². The molecule has 0 unspecified atom stereocenters. The van der Waals surface area contributed by atoms with Gasteiger partial charge in [0.25, 0.3) is 0 Å². The summed E-state index contributed by atoms with van der Waals surface area (Å²) in [4.78, 5) is 29.1. The Bertz CT molecular complexity index is 588. The average molecular weight is 356 g/mol. The van der Waals surface area contributed by atoms with Crippen LogP contribution in [0.2, 0.25) is 5.02 Å². The second-order valence-corrected chi connectivity index (χ2v) is 6.59. The smallest absolute Gasteiger partial charge is 0.405 e. The van der Waals surface area contributed by atoms with Crippen molar-refractivity contribution in [3.63, 3.8) is 0 Å². The highest BCUT2D eigenvalue weighted by molar-refractivity contribution is 6.30. The number of hydrogen-bond donors (Lipinski definition) is 2. The molecule has 1 aliphatic heterocycles. The molecule has 0 radical (unpaired) electrons. The number of hydrogen-bond acceptors (Lipinski definition) is 4. The van der Waals surface area contributed by atoms with Crippen molar-refractivity contribution in [2.75, 3.05) is 13.1 Å². The van der Waals surface area contributed by atoms with E-state index in [2.05, 4.69) is 10.3 Å². The first kappa shape index (κ1) is 18.3. The van der Waals surface area contributed by atoms with Crippen molar-refractivity contribution in [3.8, 4) is 5.75 Å².